The van der Waals surface area contributed by atoms with Crippen LogP contribution in [0.5, 0.6) is 0 Å². The highest BCUT2D eigenvalue weighted by molar-refractivity contribution is 6.24. The molecule has 320 valence electrons. The lowest BCUT2D eigenvalue weighted by Crippen LogP contribution is -2.54. The number of amides is 6. The van der Waals surface area contributed by atoms with Gasteiger partial charge in [-0.1, -0.05) is 18.9 Å². The molecule has 6 amide bonds. The van der Waals surface area contributed by atoms with E-state index in [2.05, 4.69) is 40.3 Å². The predicted octanol–water partition coefficient (Wildman–Crippen LogP) is 5.26. The Morgan fingerprint density at radius 1 is 0.778 bits per heavy atom. The Kier molecular flexibility index (Phi) is 9.99. The van der Waals surface area contributed by atoms with E-state index in [0.717, 1.165) is 58.4 Å². The van der Waals surface area contributed by atoms with Gasteiger partial charge in [-0.25, -0.2) is 9.97 Å². The third-order valence-electron chi connectivity index (χ3n) is 12.7. The van der Waals surface area contributed by atoms with Crippen LogP contribution in [0.15, 0.2) is 71.2 Å². The molecular weight excluding hydrogens is 805 g/mol. The highest BCUT2D eigenvalue weighted by Gasteiger charge is 2.45. The summed E-state index contributed by atoms with van der Waals surface area (Å²) in [5.41, 5.74) is 5.72. The van der Waals surface area contributed by atoms with Gasteiger partial charge in [0.05, 0.1) is 34.4 Å². The molecule has 63 heavy (non-hydrogen) atoms. The molecule has 1 saturated carbocycles. The number of benzene rings is 2. The number of carbonyl (C=O) groups excluding carboxylic acids is 6. The second-order valence-electron chi connectivity index (χ2n) is 16.8. The van der Waals surface area contributed by atoms with E-state index in [1.165, 1.54) is 6.07 Å². The molecule has 3 fully saturated rings. The molecule has 2 saturated heterocycles. The monoisotopic (exact) mass is 848 g/mol. The zero-order valence-electron chi connectivity index (χ0n) is 34.8. The number of piperidine rings is 1. The number of nitrogens with one attached hydrogen (secondary N) is 2. The lowest BCUT2D eigenvalue weighted by molar-refractivity contribution is -0.136. The van der Waals surface area contributed by atoms with Crippen LogP contribution in [0.3, 0.4) is 0 Å². The Bertz CT molecular complexity index is 2780. The number of nitrogens with zero attached hydrogens (tertiary/aromatic N) is 10. The van der Waals surface area contributed by atoms with Crippen LogP contribution in [-0.2, 0) is 22.4 Å². The van der Waals surface area contributed by atoms with Crippen molar-refractivity contribution in [3.05, 3.63) is 94.4 Å². The Balaban J connectivity index is 0.784. The third-order valence-corrected chi connectivity index (χ3v) is 12.7. The highest BCUT2D eigenvalue weighted by Crippen LogP contribution is 2.38. The molecule has 4 aliphatic heterocycles. The molecule has 5 aromatic rings. The van der Waals surface area contributed by atoms with Crippen LogP contribution >= 0.6 is 0 Å². The van der Waals surface area contributed by atoms with Crippen LogP contribution in [0.1, 0.15) is 97.3 Å². The van der Waals surface area contributed by atoms with Crippen LogP contribution < -0.4 is 15.5 Å². The number of hydrogen-bond acceptors (Lipinski definition) is 13. The number of carbonyl (C=O) groups is 6. The van der Waals surface area contributed by atoms with Gasteiger partial charge in [0.1, 0.15) is 23.2 Å². The van der Waals surface area contributed by atoms with Gasteiger partial charge in [0.2, 0.25) is 17.8 Å². The standard InChI is InChI=1S/C45H44N12O6/c1-53(2)44(63)36-21-28-23-47-45(50-39(28)56(36)29-5-3-4-6-29)48-37-13-11-30(24-46-37)54-15-17-55(18-16-54)41(60)27-10-8-25-7-9-26-19-31-32(22-34(26)52-51-33(25)20-27)43(62)57(42(31)61)35-12-14-38(58)49-40(35)59/h8,10-11,13,19-24,29,35H,3-7,9,12,14-18H2,1-2H3,(H,49,58,59)(H,46,47,48,50). The maximum Gasteiger partial charge on any atom is 0.270 e. The predicted molar refractivity (Wildman–Crippen MR) is 230 cm³/mol. The smallest absolute Gasteiger partial charge is 0.270 e. The summed E-state index contributed by atoms with van der Waals surface area (Å²) in [7, 11) is 3.51. The van der Waals surface area contributed by atoms with Crippen LogP contribution in [-0.4, -0.2) is 116 Å². The third kappa shape index (κ3) is 7.23. The van der Waals surface area contributed by atoms with Gasteiger partial charge in [-0.15, -0.1) is 0 Å². The van der Waals surface area contributed by atoms with Gasteiger partial charge in [0, 0.05) is 69.9 Å². The summed E-state index contributed by atoms with van der Waals surface area (Å²) in [5.74, 6) is -1.47. The van der Waals surface area contributed by atoms with Gasteiger partial charge in [-0.05, 0) is 85.7 Å². The normalized spacial score (nSPS) is 18.8. The first kappa shape index (κ1) is 39.7. The summed E-state index contributed by atoms with van der Waals surface area (Å²) in [6, 6.07) is 13.5. The minimum Gasteiger partial charge on any atom is -0.367 e. The second-order valence-corrected chi connectivity index (χ2v) is 16.8. The minimum absolute atomic E-state index is 0.0377. The van der Waals surface area contributed by atoms with Crippen molar-refractivity contribution in [1.29, 1.82) is 0 Å². The number of anilines is 3. The van der Waals surface area contributed by atoms with Crippen molar-refractivity contribution >= 4 is 75.3 Å². The van der Waals surface area contributed by atoms with E-state index in [4.69, 9.17) is 4.98 Å². The number of fused-ring (bicyclic) bond motifs is 4. The molecule has 2 N–H and O–H groups in total. The first-order valence-electron chi connectivity index (χ1n) is 21.3. The van der Waals surface area contributed by atoms with E-state index in [-0.39, 0.29) is 41.8 Å². The van der Waals surface area contributed by atoms with E-state index in [1.807, 2.05) is 29.2 Å². The van der Waals surface area contributed by atoms with Gasteiger partial charge in [0.15, 0.2) is 0 Å². The van der Waals surface area contributed by atoms with Crippen molar-refractivity contribution in [1.82, 2.24) is 39.5 Å². The maximum absolute atomic E-state index is 13.8. The quantitative estimate of drug-likeness (QED) is 0.202. The molecule has 10 rings (SSSR count). The highest BCUT2D eigenvalue weighted by atomic mass is 16.2. The Labute approximate surface area is 361 Å². The van der Waals surface area contributed by atoms with E-state index < -0.39 is 29.7 Å². The van der Waals surface area contributed by atoms with Crippen molar-refractivity contribution in [2.24, 2.45) is 10.2 Å². The molecule has 18 heteroatoms. The number of hydrogen-bond donors (Lipinski definition) is 2. The van der Waals surface area contributed by atoms with E-state index in [0.29, 0.717) is 73.4 Å². The molecule has 0 spiro atoms. The zero-order chi connectivity index (χ0) is 43.5. The van der Waals surface area contributed by atoms with Crippen molar-refractivity contribution in [3.8, 4) is 0 Å². The minimum atomic E-state index is -1.06. The van der Waals surface area contributed by atoms with Crippen molar-refractivity contribution in [2.45, 2.75) is 63.5 Å². The lowest BCUT2D eigenvalue weighted by atomic mass is 9.96. The SMILES string of the molecule is CN(C)C(=O)c1cc2cnc(Nc3ccc(N4CCN(C(=O)c5ccc6c(c5)N=Nc5cc7c(cc5CC6)C(=O)N(C5CCC(=O)NC5=O)C7=O)CC4)cn3)nc2n1C1CCCC1. The molecule has 1 aliphatic carbocycles. The molecule has 18 nitrogen and oxygen atoms in total. The fourth-order valence-electron chi connectivity index (χ4n) is 9.33. The maximum atomic E-state index is 13.8. The van der Waals surface area contributed by atoms with Crippen molar-refractivity contribution < 1.29 is 28.8 Å². The van der Waals surface area contributed by atoms with Gasteiger partial charge >= 0.3 is 0 Å². The first-order valence-corrected chi connectivity index (χ1v) is 21.3. The average molecular weight is 849 g/mol. The van der Waals surface area contributed by atoms with Crippen LogP contribution in [0.4, 0.5) is 28.8 Å². The topological polar surface area (TPSA) is 208 Å². The molecule has 3 aromatic heterocycles. The summed E-state index contributed by atoms with van der Waals surface area (Å²) in [4.78, 5) is 98.5. The fourth-order valence-corrected chi connectivity index (χ4v) is 9.33. The molecule has 0 radical (unpaired) electrons. The van der Waals surface area contributed by atoms with Gasteiger partial charge in [-0.3, -0.25) is 39.0 Å². The summed E-state index contributed by atoms with van der Waals surface area (Å²) >= 11 is 0. The summed E-state index contributed by atoms with van der Waals surface area (Å²) in [5, 5.41) is 15.2. The number of piperazine rings is 1. The average Bonchev–Trinajstić information content (AvgIpc) is 4.01. The number of aryl methyl sites for hydroxylation is 2. The molecular formula is C45H44N12O6. The Hall–Kier alpha value is -7.37. The zero-order valence-corrected chi connectivity index (χ0v) is 34.8. The van der Waals surface area contributed by atoms with Crippen LogP contribution in [0.2, 0.25) is 0 Å². The lowest BCUT2D eigenvalue weighted by Gasteiger charge is -2.36. The number of azo groups is 1. The van der Waals surface area contributed by atoms with Crippen molar-refractivity contribution in [3.63, 3.8) is 0 Å². The Morgan fingerprint density at radius 2 is 1.51 bits per heavy atom. The molecule has 2 aromatic carbocycles. The molecule has 5 aliphatic rings. The molecule has 7 heterocycles. The first-order chi connectivity index (χ1) is 30.5. The number of aromatic nitrogens is 4. The summed E-state index contributed by atoms with van der Waals surface area (Å²) in [6.45, 7) is 2.23. The molecule has 1 atom stereocenters. The molecule has 0 bridgehead atoms. The van der Waals surface area contributed by atoms with E-state index in [1.54, 1.807) is 49.6 Å². The number of pyridine rings is 1. The second kappa shape index (κ2) is 15.8. The fraction of sp³-hybridized carbons (Fsp3) is 0.356. The van der Waals surface area contributed by atoms with Crippen molar-refractivity contribution in [2.75, 3.05) is 50.5 Å². The number of rotatable bonds is 7. The molecule has 1 unspecified atom stereocenters. The van der Waals surface area contributed by atoms with Crippen LogP contribution in [0, 0.1) is 0 Å². The van der Waals surface area contributed by atoms with Crippen LogP contribution in [0.25, 0.3) is 11.0 Å². The van der Waals surface area contributed by atoms with E-state index >= 15 is 0 Å². The number of imide groups is 2. The van der Waals surface area contributed by atoms with Gasteiger partial charge < -0.3 is 24.6 Å². The Morgan fingerprint density at radius 3 is 2.22 bits per heavy atom. The van der Waals surface area contributed by atoms with Gasteiger partial charge in [-0.2, -0.15) is 15.2 Å². The van der Waals surface area contributed by atoms with Gasteiger partial charge in [0.25, 0.3) is 23.6 Å². The largest absolute Gasteiger partial charge is 0.367 e. The van der Waals surface area contributed by atoms with E-state index in [9.17, 15) is 28.8 Å². The summed E-state index contributed by atoms with van der Waals surface area (Å²) < 4.78 is 2.08. The summed E-state index contributed by atoms with van der Waals surface area (Å²) in [6.07, 6.45) is 8.97.